The molecule has 0 aromatic carbocycles. The maximum absolute atomic E-state index is 12.4. The molecule has 0 radical (unpaired) electrons. The smallest absolute Gasteiger partial charge is 0.308 e. The predicted octanol–water partition coefficient (Wildman–Crippen LogP) is 1.97. The van der Waals surface area contributed by atoms with E-state index >= 15 is 0 Å². The van der Waals surface area contributed by atoms with Crippen LogP contribution in [0.25, 0.3) is 11.0 Å². The van der Waals surface area contributed by atoms with Crippen molar-refractivity contribution in [1.82, 2.24) is 29.5 Å². The summed E-state index contributed by atoms with van der Waals surface area (Å²) in [5.74, 6) is 0.275. The van der Waals surface area contributed by atoms with Gasteiger partial charge in [-0.2, -0.15) is 23.4 Å². The van der Waals surface area contributed by atoms with Gasteiger partial charge in [0, 0.05) is 19.0 Å². The van der Waals surface area contributed by atoms with E-state index in [2.05, 4.69) is 20.2 Å². The molecule has 1 N–H and O–H groups in total. The lowest BCUT2D eigenvalue weighted by molar-refractivity contribution is -0.142. The molecule has 0 spiro atoms. The summed E-state index contributed by atoms with van der Waals surface area (Å²) in [4.78, 5) is 18.7. The number of hydrogen-bond donors (Lipinski definition) is 1. The molecule has 24 heavy (non-hydrogen) atoms. The summed E-state index contributed by atoms with van der Waals surface area (Å²) in [5, 5.41) is 8.20. The first-order chi connectivity index (χ1) is 11.1. The quantitative estimate of drug-likeness (QED) is 0.774. The summed E-state index contributed by atoms with van der Waals surface area (Å²) in [5.41, 5.74) is 0.712. The van der Waals surface area contributed by atoms with E-state index < -0.39 is 18.3 Å². The molecule has 0 saturated heterocycles. The third kappa shape index (κ3) is 3.14. The highest BCUT2D eigenvalue weighted by molar-refractivity contribution is 6.30. The van der Waals surface area contributed by atoms with Gasteiger partial charge in [-0.25, -0.2) is 4.98 Å². The Morgan fingerprint density at radius 2 is 2.04 bits per heavy atom. The minimum atomic E-state index is -4.43. The highest BCUT2D eigenvalue weighted by atomic mass is 35.5. The van der Waals surface area contributed by atoms with Gasteiger partial charge in [-0.15, -0.1) is 0 Å². The van der Waals surface area contributed by atoms with Crippen LogP contribution < -0.4 is 5.56 Å². The highest BCUT2D eigenvalue weighted by Crippen LogP contribution is 2.21. The molecule has 0 aliphatic rings. The number of halogens is 4. The molecule has 0 aliphatic carbocycles. The van der Waals surface area contributed by atoms with E-state index in [9.17, 15) is 18.0 Å². The zero-order chi connectivity index (χ0) is 17.6. The third-order valence-electron chi connectivity index (χ3n) is 3.43. The van der Waals surface area contributed by atoms with Gasteiger partial charge in [0.2, 0.25) is 0 Å². The van der Waals surface area contributed by atoms with Crippen molar-refractivity contribution in [3.63, 3.8) is 0 Å². The van der Waals surface area contributed by atoms with Crippen LogP contribution in [-0.2, 0) is 20.0 Å². The minimum Gasteiger partial charge on any atom is -0.308 e. The number of nitrogens with zero attached hydrogens (tertiary/aromatic N) is 5. The molecule has 11 heteroatoms. The maximum Gasteiger partial charge on any atom is 0.408 e. The largest absolute Gasteiger partial charge is 0.408 e. The lowest BCUT2D eigenvalue weighted by Gasteiger charge is -2.04. The lowest BCUT2D eigenvalue weighted by Crippen LogP contribution is -2.18. The first-order valence-corrected chi connectivity index (χ1v) is 7.23. The Hall–Kier alpha value is -2.36. The van der Waals surface area contributed by atoms with E-state index in [0.29, 0.717) is 21.1 Å². The number of rotatable bonds is 3. The van der Waals surface area contributed by atoms with E-state index in [0.717, 1.165) is 6.20 Å². The van der Waals surface area contributed by atoms with Gasteiger partial charge in [0.15, 0.2) is 5.52 Å². The Balaban J connectivity index is 2.00. The Bertz CT molecular complexity index is 971. The lowest BCUT2D eigenvalue weighted by atomic mass is 10.2. The van der Waals surface area contributed by atoms with E-state index in [1.54, 1.807) is 14.0 Å². The molecule has 3 aromatic rings. The van der Waals surface area contributed by atoms with Crippen molar-refractivity contribution in [3.05, 3.63) is 38.8 Å². The number of nitrogens with one attached hydrogen (secondary N) is 1. The molecule has 0 bridgehead atoms. The fourth-order valence-corrected chi connectivity index (χ4v) is 2.65. The number of H-pyrrole nitrogens is 1. The summed E-state index contributed by atoms with van der Waals surface area (Å²) in [6.07, 6.45) is -3.13. The monoisotopic (exact) mass is 360 g/mol. The zero-order valence-corrected chi connectivity index (χ0v) is 13.4. The summed E-state index contributed by atoms with van der Waals surface area (Å²) >= 11 is 6.14. The van der Waals surface area contributed by atoms with Crippen LogP contribution in [0.15, 0.2) is 11.0 Å². The number of hydrogen-bond acceptors (Lipinski definition) is 4. The second-order valence-corrected chi connectivity index (χ2v) is 5.70. The van der Waals surface area contributed by atoms with Crippen molar-refractivity contribution in [2.24, 2.45) is 7.05 Å². The molecule has 0 saturated carbocycles. The average molecular weight is 361 g/mol. The van der Waals surface area contributed by atoms with Crippen LogP contribution in [0, 0.1) is 6.92 Å². The number of aryl methyl sites for hydroxylation is 2. The average Bonchev–Trinajstić information content (AvgIpc) is 2.93. The fourth-order valence-electron chi connectivity index (χ4n) is 2.41. The van der Waals surface area contributed by atoms with Gasteiger partial charge < -0.3 is 4.98 Å². The van der Waals surface area contributed by atoms with E-state index in [1.807, 2.05) is 0 Å². The molecule has 0 fully saturated rings. The Labute approximate surface area is 138 Å². The van der Waals surface area contributed by atoms with Gasteiger partial charge >= 0.3 is 6.18 Å². The van der Waals surface area contributed by atoms with Gasteiger partial charge in [0.1, 0.15) is 23.0 Å². The van der Waals surface area contributed by atoms with Gasteiger partial charge in [-0.05, 0) is 6.92 Å². The zero-order valence-electron chi connectivity index (χ0n) is 12.6. The number of aromatic nitrogens is 6. The SMILES string of the molecule is Cc1nn(C)c(Cl)c1Cc1nc2cn(CC(F)(F)F)nc2c(=O)[nH]1. The van der Waals surface area contributed by atoms with Crippen LogP contribution in [0.1, 0.15) is 17.1 Å². The van der Waals surface area contributed by atoms with Crippen molar-refractivity contribution >= 4 is 22.6 Å². The van der Waals surface area contributed by atoms with Crippen molar-refractivity contribution in [2.45, 2.75) is 26.1 Å². The van der Waals surface area contributed by atoms with Crippen molar-refractivity contribution in [1.29, 1.82) is 0 Å². The molecule has 3 heterocycles. The third-order valence-corrected chi connectivity index (χ3v) is 3.90. The molecule has 3 rings (SSSR count). The standard InChI is InChI=1S/C13H12ClF3N6O/c1-6-7(11(14)22(2)20-6)3-9-18-8-4-23(5-13(15,16)17)21-10(8)12(24)19-9/h4H,3,5H2,1-2H3,(H,18,19,24). The van der Waals surface area contributed by atoms with E-state index in [-0.39, 0.29) is 23.3 Å². The highest BCUT2D eigenvalue weighted by Gasteiger charge is 2.29. The summed E-state index contributed by atoms with van der Waals surface area (Å²) in [6, 6.07) is 0. The summed E-state index contributed by atoms with van der Waals surface area (Å²) in [7, 11) is 1.68. The number of aromatic amines is 1. The van der Waals surface area contributed by atoms with Gasteiger partial charge in [0.05, 0.1) is 11.9 Å². The first kappa shape index (κ1) is 16.5. The van der Waals surface area contributed by atoms with Gasteiger partial charge in [-0.3, -0.25) is 14.2 Å². The molecule has 0 amide bonds. The Kier molecular flexibility index (Phi) is 3.86. The van der Waals surface area contributed by atoms with Crippen LogP contribution >= 0.6 is 11.6 Å². The molecule has 3 aromatic heterocycles. The number of alkyl halides is 3. The topological polar surface area (TPSA) is 81.4 Å². The molecular weight excluding hydrogens is 349 g/mol. The first-order valence-electron chi connectivity index (χ1n) is 6.85. The van der Waals surface area contributed by atoms with Gasteiger partial charge in [-0.1, -0.05) is 11.6 Å². The van der Waals surface area contributed by atoms with E-state index in [4.69, 9.17) is 11.6 Å². The van der Waals surface area contributed by atoms with Crippen LogP contribution in [-0.4, -0.2) is 35.7 Å². The van der Waals surface area contributed by atoms with E-state index in [1.165, 1.54) is 4.68 Å². The van der Waals surface area contributed by atoms with Crippen LogP contribution in [0.4, 0.5) is 13.2 Å². The van der Waals surface area contributed by atoms with Crippen LogP contribution in [0.5, 0.6) is 0 Å². The maximum atomic E-state index is 12.4. The van der Waals surface area contributed by atoms with Crippen molar-refractivity contribution in [2.75, 3.05) is 0 Å². The Morgan fingerprint density at radius 1 is 1.33 bits per heavy atom. The summed E-state index contributed by atoms with van der Waals surface area (Å²) < 4.78 is 39.5. The van der Waals surface area contributed by atoms with Crippen LogP contribution in [0.2, 0.25) is 5.15 Å². The molecule has 0 atom stereocenters. The Morgan fingerprint density at radius 3 is 2.62 bits per heavy atom. The molecule has 0 unspecified atom stereocenters. The van der Waals surface area contributed by atoms with Crippen LogP contribution in [0.3, 0.4) is 0 Å². The predicted molar refractivity (Wildman–Crippen MR) is 80.0 cm³/mol. The van der Waals surface area contributed by atoms with Gasteiger partial charge in [0.25, 0.3) is 5.56 Å². The van der Waals surface area contributed by atoms with Crippen molar-refractivity contribution in [3.8, 4) is 0 Å². The second-order valence-electron chi connectivity index (χ2n) is 5.34. The fraction of sp³-hybridized carbons (Fsp3) is 0.385. The normalized spacial score (nSPS) is 12.2. The molecule has 128 valence electrons. The molecular formula is C13H12ClF3N6O. The minimum absolute atomic E-state index is 0.0932. The van der Waals surface area contributed by atoms with Crippen molar-refractivity contribution < 1.29 is 13.2 Å². The second kappa shape index (κ2) is 5.62. The molecule has 7 nitrogen and oxygen atoms in total. The molecule has 0 aliphatic heterocycles. The number of fused-ring (bicyclic) bond motifs is 1. The summed E-state index contributed by atoms with van der Waals surface area (Å²) in [6.45, 7) is 0.477.